The molecule has 4 nitrogen and oxygen atoms in total. The fraction of sp³-hybridized carbons (Fsp3) is 0.950. The number of Topliss-reactive ketones (excluding diaryl/α,β-unsaturated/α-hetero) is 1. The molecule has 4 heteroatoms. The average molecular weight is 338 g/mol. The van der Waals surface area contributed by atoms with Gasteiger partial charge in [-0.3, -0.25) is 4.79 Å². The van der Waals surface area contributed by atoms with E-state index in [4.69, 9.17) is 0 Å². The number of hydrogen-bond donors (Lipinski definition) is 0. The van der Waals surface area contributed by atoms with Crippen LogP contribution in [0.25, 0.3) is 0 Å². The minimum Gasteiger partial charge on any atom is -0.306 e. The van der Waals surface area contributed by atoms with E-state index in [9.17, 15) is 4.79 Å². The van der Waals surface area contributed by atoms with Crippen molar-refractivity contribution in [2.24, 2.45) is 0 Å². The van der Waals surface area contributed by atoms with Crippen LogP contribution in [-0.4, -0.2) is 63.0 Å². The average Bonchev–Trinajstić information content (AvgIpc) is 2.28. The molecule has 0 unspecified atom stereocenters. The maximum Gasteiger partial charge on any atom is 0.136 e. The fourth-order valence-corrected chi connectivity index (χ4v) is 5.66. The van der Waals surface area contributed by atoms with Crippen molar-refractivity contribution in [1.29, 1.82) is 0 Å². The Labute approximate surface area is 149 Å². The first-order valence-corrected chi connectivity index (χ1v) is 9.39. The molecule has 2 rings (SSSR count). The van der Waals surface area contributed by atoms with E-state index in [-0.39, 0.29) is 22.2 Å². The number of carbonyl (C=O) groups excluding carboxylic acids is 1. The molecule has 0 aromatic carbocycles. The highest BCUT2D eigenvalue weighted by atomic mass is 16.1. The molecule has 2 aliphatic heterocycles. The van der Waals surface area contributed by atoms with Crippen LogP contribution in [0.1, 0.15) is 81.1 Å². The van der Waals surface area contributed by atoms with Crippen molar-refractivity contribution in [3.8, 4) is 0 Å². The molecule has 0 bridgehead atoms. The van der Waals surface area contributed by atoms with Gasteiger partial charge in [-0.2, -0.15) is 0 Å². The van der Waals surface area contributed by atoms with Crippen LogP contribution in [0.3, 0.4) is 0 Å². The van der Waals surface area contributed by atoms with Gasteiger partial charge in [0.1, 0.15) is 5.78 Å². The van der Waals surface area contributed by atoms with Gasteiger partial charge in [0.15, 0.2) is 0 Å². The smallest absolute Gasteiger partial charge is 0.136 e. The van der Waals surface area contributed by atoms with Crippen LogP contribution in [0.5, 0.6) is 0 Å². The number of carbonyl (C=O) groups is 1. The Hall–Kier alpha value is -0.450. The van der Waals surface area contributed by atoms with Crippen LogP contribution in [0.4, 0.5) is 0 Å². The van der Waals surface area contributed by atoms with E-state index in [0.29, 0.717) is 24.7 Å². The van der Waals surface area contributed by atoms with E-state index in [0.717, 1.165) is 12.8 Å². The molecule has 140 valence electrons. The van der Waals surface area contributed by atoms with Crippen molar-refractivity contribution in [3.05, 3.63) is 0 Å². The maximum atomic E-state index is 12.3. The minimum atomic E-state index is -0.154. The molecule has 0 aromatic rings. The third kappa shape index (κ3) is 3.42. The van der Waals surface area contributed by atoms with Crippen LogP contribution < -0.4 is 0 Å². The summed E-state index contributed by atoms with van der Waals surface area (Å²) in [6, 6.07) is 0.587. The molecule has 24 heavy (non-hydrogen) atoms. The van der Waals surface area contributed by atoms with E-state index in [1.165, 1.54) is 0 Å². The summed E-state index contributed by atoms with van der Waals surface area (Å²) < 4.78 is 0. The normalized spacial score (nSPS) is 30.7. The standard InChI is InChI=1S/C20H39N3O/c1-17(2)11-15(21(9)10)12-18(3,4)22(17)23-19(5,6)13-16(24)14-20(23,7)8/h15H,11-14H2,1-10H3. The summed E-state index contributed by atoms with van der Waals surface area (Å²) in [4.78, 5) is 14.7. The summed E-state index contributed by atoms with van der Waals surface area (Å²) in [5, 5.41) is 5.19. The van der Waals surface area contributed by atoms with Gasteiger partial charge in [0.2, 0.25) is 0 Å². The van der Waals surface area contributed by atoms with Gasteiger partial charge in [-0.15, -0.1) is 0 Å². The molecular formula is C20H39N3O. The molecule has 2 heterocycles. The second kappa shape index (κ2) is 5.78. The van der Waals surface area contributed by atoms with Gasteiger partial charge in [0.25, 0.3) is 0 Å². The number of hydrazine groups is 1. The lowest BCUT2D eigenvalue weighted by Crippen LogP contribution is -2.77. The number of piperidine rings is 2. The summed E-state index contributed by atoms with van der Waals surface area (Å²) >= 11 is 0. The molecule has 2 saturated heterocycles. The SMILES string of the molecule is CN(C)C1CC(C)(C)N(N2C(C)(C)CC(=O)CC2(C)C)C(C)(C)C1. The Balaban J connectivity index is 2.50. The van der Waals surface area contributed by atoms with Gasteiger partial charge in [0, 0.05) is 41.0 Å². The lowest BCUT2D eigenvalue weighted by molar-refractivity contribution is -0.273. The summed E-state index contributed by atoms with van der Waals surface area (Å²) in [7, 11) is 4.39. The van der Waals surface area contributed by atoms with Crippen molar-refractivity contribution in [3.63, 3.8) is 0 Å². The summed E-state index contributed by atoms with van der Waals surface area (Å²) in [5.74, 6) is 0.389. The highest BCUT2D eigenvalue weighted by molar-refractivity contribution is 5.81. The Bertz CT molecular complexity index is 467. The third-order valence-electron chi connectivity index (χ3n) is 5.95. The summed E-state index contributed by atoms with van der Waals surface area (Å²) in [6.07, 6.45) is 3.55. The second-order valence-electron chi connectivity index (χ2n) is 10.8. The third-order valence-corrected chi connectivity index (χ3v) is 5.95. The predicted molar refractivity (Wildman–Crippen MR) is 101 cm³/mol. The molecule has 2 fully saturated rings. The van der Waals surface area contributed by atoms with Gasteiger partial charge < -0.3 is 4.90 Å². The van der Waals surface area contributed by atoms with Crippen molar-refractivity contribution in [2.75, 3.05) is 14.1 Å². The zero-order chi connectivity index (χ0) is 18.7. The first kappa shape index (κ1) is 19.9. The first-order chi connectivity index (χ1) is 10.6. The molecule has 0 atom stereocenters. The van der Waals surface area contributed by atoms with Crippen LogP contribution in [-0.2, 0) is 4.79 Å². The highest BCUT2D eigenvalue weighted by Crippen LogP contribution is 2.48. The van der Waals surface area contributed by atoms with Gasteiger partial charge in [0.05, 0.1) is 0 Å². The molecule has 2 aliphatic rings. The van der Waals surface area contributed by atoms with Gasteiger partial charge in [-0.05, 0) is 82.3 Å². The Morgan fingerprint density at radius 1 is 0.750 bits per heavy atom. The zero-order valence-corrected chi connectivity index (χ0v) is 17.7. The molecule has 0 aliphatic carbocycles. The molecule has 0 amide bonds. The van der Waals surface area contributed by atoms with E-state index < -0.39 is 0 Å². The molecule has 0 radical (unpaired) electrons. The van der Waals surface area contributed by atoms with E-state index in [1.807, 2.05) is 0 Å². The zero-order valence-electron chi connectivity index (χ0n) is 17.7. The Morgan fingerprint density at radius 3 is 1.42 bits per heavy atom. The van der Waals surface area contributed by atoms with E-state index in [1.54, 1.807) is 0 Å². The minimum absolute atomic E-state index is 0.0472. The first-order valence-electron chi connectivity index (χ1n) is 9.39. The van der Waals surface area contributed by atoms with Crippen LogP contribution in [0.2, 0.25) is 0 Å². The summed E-state index contributed by atoms with van der Waals surface area (Å²) in [6.45, 7) is 18.4. The van der Waals surface area contributed by atoms with Crippen molar-refractivity contribution in [1.82, 2.24) is 14.9 Å². The monoisotopic (exact) mass is 337 g/mol. The Morgan fingerprint density at radius 2 is 1.08 bits per heavy atom. The van der Waals surface area contributed by atoms with Crippen molar-refractivity contribution < 1.29 is 4.79 Å². The lowest BCUT2D eigenvalue weighted by Gasteiger charge is -2.67. The predicted octanol–water partition coefficient (Wildman–Crippen LogP) is 3.71. The molecule has 0 aromatic heterocycles. The largest absolute Gasteiger partial charge is 0.306 e. The number of rotatable bonds is 2. The van der Waals surface area contributed by atoms with Crippen molar-refractivity contribution >= 4 is 5.78 Å². The van der Waals surface area contributed by atoms with E-state index in [2.05, 4.69) is 84.4 Å². The number of hydrogen-bond acceptors (Lipinski definition) is 4. The second-order valence-corrected chi connectivity index (χ2v) is 10.8. The molecule has 0 saturated carbocycles. The van der Waals surface area contributed by atoms with Crippen LogP contribution >= 0.6 is 0 Å². The number of nitrogens with zero attached hydrogens (tertiary/aromatic N) is 3. The van der Waals surface area contributed by atoms with E-state index >= 15 is 0 Å². The lowest BCUT2D eigenvalue weighted by atomic mass is 9.75. The van der Waals surface area contributed by atoms with Gasteiger partial charge >= 0.3 is 0 Å². The van der Waals surface area contributed by atoms with Crippen molar-refractivity contribution in [2.45, 2.75) is 109 Å². The van der Waals surface area contributed by atoms with Gasteiger partial charge in [-0.25, -0.2) is 10.0 Å². The topological polar surface area (TPSA) is 26.8 Å². The molecule has 0 N–H and O–H groups in total. The Kier molecular flexibility index (Phi) is 4.79. The summed E-state index contributed by atoms with van der Waals surface area (Å²) in [5.41, 5.74) is -0.214. The van der Waals surface area contributed by atoms with Crippen LogP contribution in [0.15, 0.2) is 0 Å². The highest BCUT2D eigenvalue weighted by Gasteiger charge is 2.56. The van der Waals surface area contributed by atoms with Gasteiger partial charge in [-0.1, -0.05) is 0 Å². The molecule has 0 spiro atoms. The molecular weight excluding hydrogens is 298 g/mol. The number of ketones is 1. The maximum absolute atomic E-state index is 12.3. The quantitative estimate of drug-likeness (QED) is 0.767. The fourth-order valence-electron chi connectivity index (χ4n) is 5.66. The van der Waals surface area contributed by atoms with Crippen LogP contribution in [0, 0.1) is 0 Å².